The molecule has 2 heterocycles. The summed E-state index contributed by atoms with van der Waals surface area (Å²) in [6.45, 7) is 2.00. The monoisotopic (exact) mass is 408 g/mol. The number of anilines is 1. The Morgan fingerprint density at radius 3 is 2.61 bits per heavy atom. The molecule has 28 heavy (non-hydrogen) atoms. The van der Waals surface area contributed by atoms with Crippen LogP contribution in [0.3, 0.4) is 0 Å². The minimum atomic E-state index is -3.56. The number of rotatable bonds is 7. The normalized spacial score (nSPS) is 16.9. The molecule has 9 heteroatoms. The van der Waals surface area contributed by atoms with Crippen LogP contribution in [-0.2, 0) is 14.8 Å². The van der Waals surface area contributed by atoms with E-state index in [0.29, 0.717) is 38.7 Å². The molecule has 1 fully saturated rings. The third kappa shape index (κ3) is 4.85. The van der Waals surface area contributed by atoms with Crippen molar-refractivity contribution in [3.8, 4) is 0 Å². The van der Waals surface area contributed by atoms with Gasteiger partial charge in [0.25, 0.3) is 0 Å². The fourth-order valence-electron chi connectivity index (χ4n) is 3.09. The van der Waals surface area contributed by atoms with Crippen molar-refractivity contribution in [1.82, 2.24) is 14.2 Å². The van der Waals surface area contributed by atoms with Crippen LogP contribution in [0.2, 0.25) is 0 Å². The molecule has 0 aliphatic carbocycles. The molecular formula is C19H25FN4O3S. The molecule has 1 aliphatic heterocycles. The molecule has 152 valence electrons. The summed E-state index contributed by atoms with van der Waals surface area (Å²) in [7, 11) is 0.281. The van der Waals surface area contributed by atoms with E-state index >= 15 is 0 Å². The number of likely N-dealkylation sites (N-methyl/N-ethyl adjacent to an activating group) is 1. The molecule has 1 unspecified atom stereocenters. The first-order valence-electron chi connectivity index (χ1n) is 9.07. The number of ether oxygens (including phenoxy) is 1. The Morgan fingerprint density at radius 2 is 2.00 bits per heavy atom. The lowest BCUT2D eigenvalue weighted by Crippen LogP contribution is -2.40. The van der Waals surface area contributed by atoms with Crippen LogP contribution in [0, 0.1) is 5.82 Å². The topological polar surface area (TPSA) is 74.8 Å². The number of benzene rings is 1. The van der Waals surface area contributed by atoms with Gasteiger partial charge in [-0.3, -0.25) is 0 Å². The van der Waals surface area contributed by atoms with Crippen molar-refractivity contribution in [3.05, 3.63) is 54.0 Å². The highest BCUT2D eigenvalue weighted by Crippen LogP contribution is 2.21. The van der Waals surface area contributed by atoms with Gasteiger partial charge in [0, 0.05) is 25.8 Å². The number of sulfonamides is 1. The highest BCUT2D eigenvalue weighted by atomic mass is 32.2. The fraction of sp³-hybridized carbons (Fsp3) is 0.421. The number of hydrogen-bond acceptors (Lipinski definition) is 6. The van der Waals surface area contributed by atoms with Gasteiger partial charge in [-0.05, 0) is 43.9 Å². The number of hydrogen-bond donors (Lipinski definition) is 1. The zero-order valence-electron chi connectivity index (χ0n) is 16.0. The van der Waals surface area contributed by atoms with Crippen LogP contribution < -0.4 is 5.32 Å². The van der Waals surface area contributed by atoms with Gasteiger partial charge < -0.3 is 15.0 Å². The molecule has 0 spiro atoms. The lowest BCUT2D eigenvalue weighted by Gasteiger charge is -2.26. The van der Waals surface area contributed by atoms with Crippen LogP contribution in [0.4, 0.5) is 10.2 Å². The van der Waals surface area contributed by atoms with Gasteiger partial charge in [-0.25, -0.2) is 17.8 Å². The summed E-state index contributed by atoms with van der Waals surface area (Å²) < 4.78 is 45.4. The predicted octanol–water partition coefficient (Wildman–Crippen LogP) is 1.96. The Labute approximate surface area is 165 Å². The standard InChI is InChI=1S/C19H25FN4O3S/c1-23(2)18(15-4-3-5-16(20)12-15)14-22-19-7-6-17(13-21-19)28(25,26)24-8-10-27-11-9-24/h3-7,12-13,18H,8-11,14H2,1-2H3,(H,21,22). The van der Waals surface area contributed by atoms with E-state index in [1.165, 1.54) is 22.6 Å². The molecule has 0 saturated carbocycles. The van der Waals surface area contributed by atoms with Gasteiger partial charge in [-0.15, -0.1) is 0 Å². The number of halogens is 1. The minimum Gasteiger partial charge on any atom is -0.379 e. The molecule has 3 rings (SSSR count). The largest absolute Gasteiger partial charge is 0.379 e. The number of aromatic nitrogens is 1. The number of nitrogens with one attached hydrogen (secondary N) is 1. The van der Waals surface area contributed by atoms with Gasteiger partial charge in [0.1, 0.15) is 16.5 Å². The summed E-state index contributed by atoms with van der Waals surface area (Å²) in [4.78, 5) is 6.39. The molecule has 0 bridgehead atoms. The van der Waals surface area contributed by atoms with E-state index < -0.39 is 10.0 Å². The highest BCUT2D eigenvalue weighted by molar-refractivity contribution is 7.89. The first kappa shape index (κ1) is 20.7. The Bertz CT molecular complexity index is 884. The van der Waals surface area contributed by atoms with Crippen LogP contribution in [0.15, 0.2) is 47.5 Å². The van der Waals surface area contributed by atoms with Crippen molar-refractivity contribution >= 4 is 15.8 Å². The third-order valence-electron chi connectivity index (χ3n) is 4.68. The molecule has 7 nitrogen and oxygen atoms in total. The Hall–Kier alpha value is -2.07. The molecule has 1 saturated heterocycles. The van der Waals surface area contributed by atoms with Gasteiger partial charge in [-0.1, -0.05) is 12.1 Å². The molecular weight excluding hydrogens is 383 g/mol. The predicted molar refractivity (Wildman–Crippen MR) is 105 cm³/mol. The van der Waals surface area contributed by atoms with Gasteiger partial charge in [0.05, 0.1) is 19.3 Å². The molecule has 2 aromatic rings. The van der Waals surface area contributed by atoms with Crippen molar-refractivity contribution in [2.24, 2.45) is 0 Å². The number of nitrogens with zero attached hydrogens (tertiary/aromatic N) is 3. The van der Waals surface area contributed by atoms with E-state index in [-0.39, 0.29) is 16.8 Å². The van der Waals surface area contributed by atoms with E-state index in [9.17, 15) is 12.8 Å². The maximum Gasteiger partial charge on any atom is 0.244 e. The zero-order chi connectivity index (χ0) is 20.1. The van der Waals surface area contributed by atoms with Gasteiger partial charge >= 0.3 is 0 Å². The van der Waals surface area contributed by atoms with Gasteiger partial charge in [0.2, 0.25) is 10.0 Å². The molecule has 1 aromatic heterocycles. The summed E-state index contributed by atoms with van der Waals surface area (Å²) in [5.41, 5.74) is 0.851. The zero-order valence-corrected chi connectivity index (χ0v) is 16.8. The van der Waals surface area contributed by atoms with E-state index in [4.69, 9.17) is 4.74 Å². The summed E-state index contributed by atoms with van der Waals surface area (Å²) in [6, 6.07) is 9.62. The maximum absolute atomic E-state index is 13.5. The Morgan fingerprint density at radius 1 is 1.25 bits per heavy atom. The smallest absolute Gasteiger partial charge is 0.244 e. The van der Waals surface area contributed by atoms with Gasteiger partial charge in [0.15, 0.2) is 0 Å². The van der Waals surface area contributed by atoms with E-state index in [1.54, 1.807) is 18.2 Å². The van der Waals surface area contributed by atoms with Crippen molar-refractivity contribution in [1.29, 1.82) is 0 Å². The van der Waals surface area contributed by atoms with Crippen LogP contribution in [0.25, 0.3) is 0 Å². The lowest BCUT2D eigenvalue weighted by atomic mass is 10.1. The maximum atomic E-state index is 13.5. The molecule has 0 radical (unpaired) electrons. The Kier molecular flexibility index (Phi) is 6.61. The summed E-state index contributed by atoms with van der Waals surface area (Å²) in [6.07, 6.45) is 1.36. The second-order valence-corrected chi connectivity index (χ2v) is 8.75. The summed E-state index contributed by atoms with van der Waals surface area (Å²) in [5, 5.41) is 3.20. The summed E-state index contributed by atoms with van der Waals surface area (Å²) in [5.74, 6) is 0.282. The summed E-state index contributed by atoms with van der Waals surface area (Å²) >= 11 is 0. The average molecular weight is 408 g/mol. The van der Waals surface area contributed by atoms with E-state index in [1.807, 2.05) is 25.1 Å². The number of morpholine rings is 1. The second-order valence-electron chi connectivity index (χ2n) is 6.81. The molecule has 1 aliphatic rings. The van der Waals surface area contributed by atoms with Crippen molar-refractivity contribution in [2.45, 2.75) is 10.9 Å². The van der Waals surface area contributed by atoms with E-state index in [0.717, 1.165) is 5.56 Å². The SMILES string of the molecule is CN(C)C(CNc1ccc(S(=O)(=O)N2CCOCC2)cn1)c1cccc(F)c1. The van der Waals surface area contributed by atoms with Crippen LogP contribution in [0.5, 0.6) is 0 Å². The highest BCUT2D eigenvalue weighted by Gasteiger charge is 2.26. The average Bonchev–Trinajstić information content (AvgIpc) is 2.69. The van der Waals surface area contributed by atoms with E-state index in [2.05, 4.69) is 10.3 Å². The van der Waals surface area contributed by atoms with Crippen LogP contribution in [-0.4, -0.2) is 69.6 Å². The quantitative estimate of drug-likeness (QED) is 0.755. The van der Waals surface area contributed by atoms with Crippen molar-refractivity contribution < 1.29 is 17.5 Å². The molecule has 1 atom stereocenters. The van der Waals surface area contributed by atoms with Crippen molar-refractivity contribution in [2.75, 3.05) is 52.3 Å². The number of pyridine rings is 1. The fourth-order valence-corrected chi connectivity index (χ4v) is 4.44. The molecule has 1 N–H and O–H groups in total. The Balaban J connectivity index is 1.68. The van der Waals surface area contributed by atoms with Crippen LogP contribution in [0.1, 0.15) is 11.6 Å². The van der Waals surface area contributed by atoms with Gasteiger partial charge in [-0.2, -0.15) is 4.31 Å². The van der Waals surface area contributed by atoms with Crippen LogP contribution >= 0.6 is 0 Å². The first-order valence-corrected chi connectivity index (χ1v) is 10.5. The minimum absolute atomic E-state index is 0.0609. The second kappa shape index (κ2) is 8.95. The van der Waals surface area contributed by atoms with Crippen molar-refractivity contribution in [3.63, 3.8) is 0 Å². The lowest BCUT2D eigenvalue weighted by molar-refractivity contribution is 0.0730. The first-order chi connectivity index (χ1) is 13.4. The molecule has 0 amide bonds. The third-order valence-corrected chi connectivity index (χ3v) is 6.56. The molecule has 1 aromatic carbocycles.